The molecule has 0 fully saturated rings. The van der Waals surface area contributed by atoms with Crippen LogP contribution in [0.25, 0.3) is 6.08 Å². The van der Waals surface area contributed by atoms with Crippen molar-refractivity contribution in [2.45, 2.75) is 20.8 Å². The van der Waals surface area contributed by atoms with Gasteiger partial charge in [0.05, 0.1) is 12.2 Å². The summed E-state index contributed by atoms with van der Waals surface area (Å²) in [5.74, 6) is -0.924. The third-order valence-electron chi connectivity index (χ3n) is 3.86. The molecular weight excluding hydrogens is 328 g/mol. The van der Waals surface area contributed by atoms with Crippen LogP contribution in [-0.2, 0) is 9.53 Å². The highest BCUT2D eigenvalue weighted by atomic mass is 16.5. The Balaban J connectivity index is 2.14. The molecule has 0 aliphatic carbocycles. The molecule has 132 valence electrons. The summed E-state index contributed by atoms with van der Waals surface area (Å²) in [4.78, 5) is 24.0. The molecule has 5 nitrogen and oxygen atoms in total. The second-order valence-corrected chi connectivity index (χ2v) is 5.77. The zero-order valence-electron chi connectivity index (χ0n) is 15.0. The van der Waals surface area contributed by atoms with Crippen LogP contribution >= 0.6 is 0 Å². The van der Waals surface area contributed by atoms with E-state index in [-0.39, 0.29) is 5.57 Å². The Morgan fingerprint density at radius 2 is 1.81 bits per heavy atom. The molecular formula is C21H20N2O3. The smallest absolute Gasteiger partial charge is 0.338 e. The van der Waals surface area contributed by atoms with Crippen molar-refractivity contribution in [1.29, 1.82) is 5.26 Å². The van der Waals surface area contributed by atoms with Gasteiger partial charge in [0.2, 0.25) is 0 Å². The van der Waals surface area contributed by atoms with Crippen LogP contribution in [0.4, 0.5) is 5.69 Å². The van der Waals surface area contributed by atoms with Gasteiger partial charge in [-0.1, -0.05) is 18.2 Å². The first-order valence-corrected chi connectivity index (χ1v) is 8.22. The Morgan fingerprint density at radius 3 is 2.38 bits per heavy atom. The highest BCUT2D eigenvalue weighted by Gasteiger charge is 2.11. The third-order valence-corrected chi connectivity index (χ3v) is 3.86. The lowest BCUT2D eigenvalue weighted by atomic mass is 10.0. The molecule has 0 radical (unpaired) electrons. The Labute approximate surface area is 152 Å². The van der Waals surface area contributed by atoms with E-state index in [9.17, 15) is 14.9 Å². The van der Waals surface area contributed by atoms with Crippen LogP contribution in [0, 0.1) is 25.2 Å². The SMILES string of the molecule is CCOC(=O)c1ccc(NC(=O)/C(C#N)=C/c2ccc(C)c(C)c2)cc1. The van der Waals surface area contributed by atoms with E-state index in [1.165, 1.54) is 0 Å². The van der Waals surface area contributed by atoms with Gasteiger partial charge in [-0.25, -0.2) is 4.79 Å². The number of carbonyl (C=O) groups is 2. The van der Waals surface area contributed by atoms with Crippen LogP contribution in [0.1, 0.15) is 34.0 Å². The molecule has 5 heteroatoms. The first-order valence-electron chi connectivity index (χ1n) is 8.22. The summed E-state index contributed by atoms with van der Waals surface area (Å²) in [5.41, 5.74) is 3.92. The van der Waals surface area contributed by atoms with E-state index in [2.05, 4.69) is 5.32 Å². The minimum Gasteiger partial charge on any atom is -0.462 e. The largest absolute Gasteiger partial charge is 0.462 e. The van der Waals surface area contributed by atoms with Crippen molar-refractivity contribution in [3.63, 3.8) is 0 Å². The second kappa shape index (κ2) is 8.63. The number of hydrogen-bond acceptors (Lipinski definition) is 4. The number of nitrogens with zero attached hydrogens (tertiary/aromatic N) is 1. The van der Waals surface area contributed by atoms with Crippen LogP contribution in [-0.4, -0.2) is 18.5 Å². The number of nitrogens with one attached hydrogen (secondary N) is 1. The zero-order valence-corrected chi connectivity index (χ0v) is 15.0. The maximum Gasteiger partial charge on any atom is 0.338 e. The lowest BCUT2D eigenvalue weighted by molar-refractivity contribution is -0.112. The number of hydrogen-bond donors (Lipinski definition) is 1. The molecule has 0 aliphatic rings. The average Bonchev–Trinajstić information content (AvgIpc) is 2.63. The molecule has 0 bridgehead atoms. The van der Waals surface area contributed by atoms with Gasteiger partial charge in [-0.3, -0.25) is 4.79 Å². The standard InChI is InChI=1S/C21H20N2O3/c1-4-26-21(25)17-7-9-19(10-8-17)23-20(24)18(13-22)12-16-6-5-14(2)15(3)11-16/h5-12H,4H2,1-3H3,(H,23,24)/b18-12+. The lowest BCUT2D eigenvalue weighted by Gasteiger charge is -2.06. The fraction of sp³-hybridized carbons (Fsp3) is 0.190. The molecule has 0 aliphatic heterocycles. The van der Waals surface area contributed by atoms with Gasteiger partial charge in [-0.2, -0.15) is 5.26 Å². The Bertz CT molecular complexity index is 890. The number of benzene rings is 2. The summed E-state index contributed by atoms with van der Waals surface area (Å²) in [7, 11) is 0. The minimum absolute atomic E-state index is 0.00252. The molecule has 0 saturated heterocycles. The minimum atomic E-state index is -0.505. The zero-order chi connectivity index (χ0) is 19.1. The van der Waals surface area contributed by atoms with Crippen molar-refractivity contribution in [3.8, 4) is 6.07 Å². The summed E-state index contributed by atoms with van der Waals surface area (Å²) >= 11 is 0. The molecule has 0 spiro atoms. The summed E-state index contributed by atoms with van der Waals surface area (Å²) in [6.45, 7) is 6.01. The Morgan fingerprint density at radius 1 is 1.12 bits per heavy atom. The predicted molar refractivity (Wildman–Crippen MR) is 101 cm³/mol. The average molecular weight is 348 g/mol. The van der Waals surface area contributed by atoms with E-state index in [4.69, 9.17) is 4.74 Å². The fourth-order valence-electron chi connectivity index (χ4n) is 2.27. The summed E-state index contributed by atoms with van der Waals surface area (Å²) in [5, 5.41) is 12.0. The van der Waals surface area contributed by atoms with Gasteiger partial charge in [0, 0.05) is 5.69 Å². The van der Waals surface area contributed by atoms with Crippen molar-refractivity contribution >= 4 is 23.6 Å². The highest BCUT2D eigenvalue weighted by Crippen LogP contribution is 2.15. The molecule has 0 saturated carbocycles. The number of nitriles is 1. The Hall–Kier alpha value is -3.39. The number of amides is 1. The molecule has 0 atom stereocenters. The molecule has 2 rings (SSSR count). The van der Waals surface area contributed by atoms with E-state index in [1.54, 1.807) is 37.3 Å². The molecule has 0 aromatic heterocycles. The van der Waals surface area contributed by atoms with Gasteiger partial charge < -0.3 is 10.1 Å². The molecule has 0 heterocycles. The third kappa shape index (κ3) is 4.81. The lowest BCUT2D eigenvalue weighted by Crippen LogP contribution is -2.13. The number of aryl methyl sites for hydroxylation is 2. The molecule has 2 aromatic rings. The van der Waals surface area contributed by atoms with Gasteiger partial charge >= 0.3 is 5.97 Å². The van der Waals surface area contributed by atoms with Gasteiger partial charge in [0.15, 0.2) is 0 Å². The normalized spacial score (nSPS) is 10.8. The Kier molecular flexibility index (Phi) is 6.29. The first kappa shape index (κ1) is 18.9. The van der Waals surface area contributed by atoms with Crippen molar-refractivity contribution in [2.24, 2.45) is 0 Å². The van der Waals surface area contributed by atoms with Crippen molar-refractivity contribution in [2.75, 3.05) is 11.9 Å². The number of rotatable bonds is 5. The fourth-order valence-corrected chi connectivity index (χ4v) is 2.27. The van der Waals surface area contributed by atoms with Crippen molar-refractivity contribution in [3.05, 3.63) is 70.3 Å². The van der Waals surface area contributed by atoms with Crippen molar-refractivity contribution < 1.29 is 14.3 Å². The first-order chi connectivity index (χ1) is 12.4. The van der Waals surface area contributed by atoms with Gasteiger partial charge in [0.25, 0.3) is 5.91 Å². The second-order valence-electron chi connectivity index (χ2n) is 5.77. The van der Waals surface area contributed by atoms with Gasteiger partial charge in [-0.15, -0.1) is 0 Å². The maximum atomic E-state index is 12.3. The molecule has 0 unspecified atom stereocenters. The highest BCUT2D eigenvalue weighted by molar-refractivity contribution is 6.09. The van der Waals surface area contributed by atoms with E-state index in [1.807, 2.05) is 38.1 Å². The summed E-state index contributed by atoms with van der Waals surface area (Å²) in [6.07, 6.45) is 1.55. The van der Waals surface area contributed by atoms with E-state index in [0.717, 1.165) is 16.7 Å². The van der Waals surface area contributed by atoms with Crippen LogP contribution in [0.3, 0.4) is 0 Å². The van der Waals surface area contributed by atoms with Gasteiger partial charge in [0.1, 0.15) is 11.6 Å². The maximum absolute atomic E-state index is 12.3. The summed E-state index contributed by atoms with van der Waals surface area (Å²) < 4.78 is 4.91. The van der Waals surface area contributed by atoms with Crippen LogP contribution in [0.5, 0.6) is 0 Å². The molecule has 1 amide bonds. The van der Waals surface area contributed by atoms with Crippen molar-refractivity contribution in [1.82, 2.24) is 0 Å². The number of anilines is 1. The van der Waals surface area contributed by atoms with E-state index in [0.29, 0.717) is 17.9 Å². The predicted octanol–water partition coefficient (Wildman–Crippen LogP) is 4.03. The topological polar surface area (TPSA) is 79.2 Å². The summed E-state index contributed by atoms with van der Waals surface area (Å²) in [6, 6.07) is 14.0. The van der Waals surface area contributed by atoms with E-state index >= 15 is 0 Å². The van der Waals surface area contributed by atoms with Gasteiger partial charge in [-0.05, 0) is 67.8 Å². The monoisotopic (exact) mass is 348 g/mol. The van der Waals surface area contributed by atoms with E-state index < -0.39 is 11.9 Å². The quantitative estimate of drug-likeness (QED) is 0.503. The molecule has 26 heavy (non-hydrogen) atoms. The molecule has 1 N–H and O–H groups in total. The van der Waals surface area contributed by atoms with Crippen LogP contribution in [0.2, 0.25) is 0 Å². The number of carbonyl (C=O) groups excluding carboxylic acids is 2. The van der Waals surface area contributed by atoms with Crippen LogP contribution in [0.15, 0.2) is 48.0 Å². The number of esters is 1. The van der Waals surface area contributed by atoms with Crippen LogP contribution < -0.4 is 5.32 Å². The number of ether oxygens (including phenoxy) is 1. The molecule has 2 aromatic carbocycles.